The summed E-state index contributed by atoms with van der Waals surface area (Å²) in [6, 6.07) is 11.2. The van der Waals surface area contributed by atoms with Gasteiger partial charge in [-0.25, -0.2) is 12.8 Å². The van der Waals surface area contributed by atoms with Crippen LogP contribution in [0.3, 0.4) is 0 Å². The number of ether oxygens (including phenoxy) is 2. The maximum Gasteiger partial charge on any atom is 0.258 e. The Kier molecular flexibility index (Phi) is 8.59. The van der Waals surface area contributed by atoms with E-state index in [9.17, 15) is 22.4 Å². The van der Waals surface area contributed by atoms with Crippen LogP contribution in [0.15, 0.2) is 53.4 Å². The van der Waals surface area contributed by atoms with Crippen molar-refractivity contribution >= 4 is 27.5 Å². The van der Waals surface area contributed by atoms with Crippen molar-refractivity contribution in [2.75, 3.05) is 38.2 Å². The molecular formula is C23H28FN3O6S. The molecule has 2 aromatic carbocycles. The van der Waals surface area contributed by atoms with Crippen LogP contribution in [0.25, 0.3) is 0 Å². The van der Waals surface area contributed by atoms with E-state index in [1.165, 1.54) is 6.07 Å². The number of morpholine rings is 1. The van der Waals surface area contributed by atoms with Crippen LogP contribution in [0.1, 0.15) is 13.8 Å². The van der Waals surface area contributed by atoms with Crippen molar-refractivity contribution in [1.29, 1.82) is 0 Å². The van der Waals surface area contributed by atoms with E-state index in [0.29, 0.717) is 5.75 Å². The van der Waals surface area contributed by atoms with Gasteiger partial charge in [-0.2, -0.15) is 4.31 Å². The third-order valence-electron chi connectivity index (χ3n) is 5.17. The van der Waals surface area contributed by atoms with Gasteiger partial charge in [-0.05, 0) is 36.2 Å². The number of amides is 2. The first-order valence-corrected chi connectivity index (χ1v) is 12.3. The molecule has 1 aliphatic rings. The summed E-state index contributed by atoms with van der Waals surface area (Å²) in [5, 5.41) is 5.20. The van der Waals surface area contributed by atoms with Crippen LogP contribution in [-0.4, -0.2) is 63.5 Å². The number of nitrogens with zero attached hydrogens (tertiary/aromatic N) is 1. The molecule has 0 bridgehead atoms. The zero-order chi connectivity index (χ0) is 24.7. The maximum atomic E-state index is 14.4. The Bertz CT molecular complexity index is 1100. The van der Waals surface area contributed by atoms with E-state index in [0.717, 1.165) is 16.4 Å². The molecule has 0 radical (unpaired) electrons. The Morgan fingerprint density at radius 1 is 1.12 bits per heavy atom. The van der Waals surface area contributed by atoms with Crippen molar-refractivity contribution in [2.45, 2.75) is 24.8 Å². The van der Waals surface area contributed by atoms with Gasteiger partial charge in [-0.15, -0.1) is 0 Å². The van der Waals surface area contributed by atoms with Crippen LogP contribution in [0, 0.1) is 11.7 Å². The highest BCUT2D eigenvalue weighted by atomic mass is 32.2. The smallest absolute Gasteiger partial charge is 0.258 e. The van der Waals surface area contributed by atoms with E-state index < -0.39 is 38.6 Å². The number of benzene rings is 2. The third kappa shape index (κ3) is 6.52. The summed E-state index contributed by atoms with van der Waals surface area (Å²) in [6.07, 6.45) is 0. The van der Waals surface area contributed by atoms with Crippen LogP contribution >= 0.6 is 0 Å². The van der Waals surface area contributed by atoms with Gasteiger partial charge in [-0.1, -0.05) is 32.0 Å². The van der Waals surface area contributed by atoms with Crippen molar-refractivity contribution in [1.82, 2.24) is 9.62 Å². The number of nitrogens with one attached hydrogen (secondary N) is 2. The molecule has 1 heterocycles. The number of carbonyl (C=O) groups excluding carboxylic acids is 2. The number of anilines is 1. The summed E-state index contributed by atoms with van der Waals surface area (Å²) in [7, 11) is -4.10. The minimum Gasteiger partial charge on any atom is -0.484 e. The number of carbonyl (C=O) groups is 2. The number of halogens is 1. The van der Waals surface area contributed by atoms with Crippen LogP contribution in [-0.2, 0) is 24.3 Å². The van der Waals surface area contributed by atoms with E-state index in [4.69, 9.17) is 9.47 Å². The topological polar surface area (TPSA) is 114 Å². The predicted octanol–water partition coefficient (Wildman–Crippen LogP) is 2.00. The Balaban J connectivity index is 1.68. The van der Waals surface area contributed by atoms with E-state index in [1.54, 1.807) is 38.1 Å². The summed E-state index contributed by atoms with van der Waals surface area (Å²) >= 11 is 0. The summed E-state index contributed by atoms with van der Waals surface area (Å²) in [5.74, 6) is -1.74. The van der Waals surface area contributed by atoms with Crippen LogP contribution in [0.4, 0.5) is 10.1 Å². The van der Waals surface area contributed by atoms with Gasteiger partial charge >= 0.3 is 0 Å². The van der Waals surface area contributed by atoms with Crippen LogP contribution in [0.5, 0.6) is 5.75 Å². The monoisotopic (exact) mass is 493 g/mol. The van der Waals surface area contributed by atoms with Crippen LogP contribution in [0.2, 0.25) is 0 Å². The minimum absolute atomic E-state index is 0.0960. The average Bonchev–Trinajstić information content (AvgIpc) is 2.83. The Morgan fingerprint density at radius 3 is 2.44 bits per heavy atom. The summed E-state index contributed by atoms with van der Waals surface area (Å²) in [6.45, 7) is 3.90. The molecule has 11 heteroatoms. The maximum absolute atomic E-state index is 14.4. The second-order valence-corrected chi connectivity index (χ2v) is 9.95. The quantitative estimate of drug-likeness (QED) is 0.552. The Labute approximate surface area is 198 Å². The highest BCUT2D eigenvalue weighted by Gasteiger charge is 2.30. The van der Waals surface area contributed by atoms with E-state index in [1.807, 2.05) is 6.07 Å². The number of rotatable bonds is 9. The molecule has 2 amide bonds. The molecule has 1 atom stereocenters. The fourth-order valence-electron chi connectivity index (χ4n) is 3.34. The molecule has 1 aliphatic heterocycles. The molecule has 1 fully saturated rings. The van der Waals surface area contributed by atoms with Crippen molar-refractivity contribution in [3.63, 3.8) is 0 Å². The standard InChI is InChI=1S/C23H28FN3O6S/c1-16(2)22(26-21(28)15-33-18-6-4-3-5-7-18)23(29)25-17-8-9-19(24)20(14-17)34(30,31)27-10-12-32-13-11-27/h3-9,14,16,22H,10-13,15H2,1-2H3,(H,25,29)(H,26,28)/t22-/m0/s1. The van der Waals surface area contributed by atoms with Crippen LogP contribution < -0.4 is 15.4 Å². The molecular weight excluding hydrogens is 465 g/mol. The number of hydrogen-bond donors (Lipinski definition) is 2. The molecule has 184 valence electrons. The van der Waals surface area contributed by atoms with Gasteiger partial charge in [0.05, 0.1) is 13.2 Å². The zero-order valence-electron chi connectivity index (χ0n) is 19.0. The zero-order valence-corrected chi connectivity index (χ0v) is 19.8. The summed E-state index contributed by atoms with van der Waals surface area (Å²) < 4.78 is 51.9. The first-order chi connectivity index (χ1) is 16.2. The second-order valence-electron chi connectivity index (χ2n) is 8.04. The normalized spacial score (nSPS) is 15.5. The van der Waals surface area contributed by atoms with E-state index in [2.05, 4.69) is 10.6 Å². The van der Waals surface area contributed by atoms with Gasteiger partial charge < -0.3 is 20.1 Å². The molecule has 2 aromatic rings. The molecule has 1 saturated heterocycles. The first kappa shape index (κ1) is 25.6. The lowest BCUT2D eigenvalue weighted by atomic mass is 10.0. The molecule has 0 aromatic heterocycles. The van der Waals surface area contributed by atoms with Gasteiger partial charge in [0.2, 0.25) is 15.9 Å². The molecule has 2 N–H and O–H groups in total. The summed E-state index contributed by atoms with van der Waals surface area (Å²) in [5.41, 5.74) is 0.0960. The SMILES string of the molecule is CC(C)[C@H](NC(=O)COc1ccccc1)C(=O)Nc1ccc(F)c(S(=O)(=O)N2CCOCC2)c1. The van der Waals surface area contributed by atoms with Gasteiger partial charge in [0, 0.05) is 18.8 Å². The van der Waals surface area contributed by atoms with Gasteiger partial charge in [0.25, 0.3) is 5.91 Å². The fraction of sp³-hybridized carbons (Fsp3) is 0.391. The predicted molar refractivity (Wildman–Crippen MR) is 123 cm³/mol. The second kappa shape index (κ2) is 11.4. The average molecular weight is 494 g/mol. The van der Waals surface area contributed by atoms with E-state index in [-0.39, 0.29) is 44.5 Å². The van der Waals surface area contributed by atoms with Gasteiger partial charge in [0.1, 0.15) is 22.5 Å². The molecule has 34 heavy (non-hydrogen) atoms. The lowest BCUT2D eigenvalue weighted by Crippen LogP contribution is -2.48. The lowest BCUT2D eigenvalue weighted by Gasteiger charge is -2.26. The Hall–Kier alpha value is -3.02. The van der Waals surface area contributed by atoms with Crippen molar-refractivity contribution in [3.8, 4) is 5.75 Å². The highest BCUT2D eigenvalue weighted by Crippen LogP contribution is 2.24. The highest BCUT2D eigenvalue weighted by molar-refractivity contribution is 7.89. The minimum atomic E-state index is -4.10. The molecule has 0 spiro atoms. The molecule has 0 saturated carbocycles. The Morgan fingerprint density at radius 2 is 1.79 bits per heavy atom. The van der Waals surface area contributed by atoms with Gasteiger partial charge in [-0.3, -0.25) is 9.59 Å². The fourth-order valence-corrected chi connectivity index (χ4v) is 4.84. The largest absolute Gasteiger partial charge is 0.484 e. The van der Waals surface area contributed by atoms with Crippen molar-refractivity contribution in [3.05, 3.63) is 54.3 Å². The molecule has 3 rings (SSSR count). The summed E-state index contributed by atoms with van der Waals surface area (Å²) in [4.78, 5) is 24.7. The number of para-hydroxylation sites is 1. The molecule has 0 unspecified atom stereocenters. The third-order valence-corrected chi connectivity index (χ3v) is 7.08. The van der Waals surface area contributed by atoms with Gasteiger partial charge in [0.15, 0.2) is 6.61 Å². The molecule has 9 nitrogen and oxygen atoms in total. The molecule has 0 aliphatic carbocycles. The number of sulfonamides is 1. The van der Waals surface area contributed by atoms with Crippen molar-refractivity contribution in [2.24, 2.45) is 5.92 Å². The first-order valence-electron chi connectivity index (χ1n) is 10.8. The van der Waals surface area contributed by atoms with Crippen molar-refractivity contribution < 1.29 is 31.9 Å². The van der Waals surface area contributed by atoms with E-state index >= 15 is 0 Å². The number of hydrogen-bond acceptors (Lipinski definition) is 6. The lowest BCUT2D eigenvalue weighted by molar-refractivity contribution is -0.128.